The molecule has 0 saturated carbocycles. The number of aromatic nitrogens is 1. The van der Waals surface area contributed by atoms with Crippen LogP contribution in [0.3, 0.4) is 0 Å². The van der Waals surface area contributed by atoms with Gasteiger partial charge in [0.2, 0.25) is 0 Å². The molecule has 0 aliphatic heterocycles. The maximum absolute atomic E-state index is 13.0. The van der Waals surface area contributed by atoms with Crippen molar-refractivity contribution in [2.24, 2.45) is 0 Å². The fourth-order valence-electron chi connectivity index (χ4n) is 1.23. The van der Waals surface area contributed by atoms with Crippen molar-refractivity contribution < 1.29 is 4.39 Å². The molecule has 1 aromatic carbocycles. The van der Waals surface area contributed by atoms with Crippen molar-refractivity contribution in [2.75, 3.05) is 0 Å². The number of rotatable bonds is 0. The van der Waals surface area contributed by atoms with Crippen LogP contribution >= 0.6 is 0 Å². The zero-order valence-corrected chi connectivity index (χ0v) is 6.11. The van der Waals surface area contributed by atoms with Crippen molar-refractivity contribution in [3.63, 3.8) is 0 Å². The van der Waals surface area contributed by atoms with Crippen LogP contribution in [0, 0.1) is 18.8 Å². The highest BCUT2D eigenvalue weighted by atomic mass is 19.1. The highest BCUT2D eigenvalue weighted by Crippen LogP contribution is 2.19. The Balaban J connectivity index is 2.96. The maximum atomic E-state index is 13.0. The predicted molar refractivity (Wildman–Crippen MR) is 41.8 cm³/mol. The van der Waals surface area contributed by atoms with Gasteiger partial charge in [0.1, 0.15) is 5.82 Å². The van der Waals surface area contributed by atoms with Gasteiger partial charge in [0, 0.05) is 17.6 Å². The minimum absolute atomic E-state index is 0.183. The van der Waals surface area contributed by atoms with Crippen molar-refractivity contribution in [2.45, 2.75) is 6.92 Å². The van der Waals surface area contributed by atoms with Crippen molar-refractivity contribution in [3.05, 3.63) is 35.8 Å². The van der Waals surface area contributed by atoms with Crippen molar-refractivity contribution in [1.82, 2.24) is 4.98 Å². The average molecular weight is 148 g/mol. The number of hydrogen-bond donors (Lipinski definition) is 1. The van der Waals surface area contributed by atoms with E-state index in [9.17, 15) is 4.39 Å². The van der Waals surface area contributed by atoms with Crippen LogP contribution in [0.5, 0.6) is 0 Å². The number of halogens is 1. The van der Waals surface area contributed by atoms with E-state index in [1.54, 1.807) is 12.3 Å². The molecule has 1 heterocycles. The number of fused-ring (bicyclic) bond motifs is 1. The topological polar surface area (TPSA) is 15.8 Å². The molecule has 0 spiro atoms. The molecule has 2 rings (SSSR count). The highest BCUT2D eigenvalue weighted by molar-refractivity contribution is 5.82. The summed E-state index contributed by atoms with van der Waals surface area (Å²) in [5.41, 5.74) is 1.66. The Morgan fingerprint density at radius 3 is 3.09 bits per heavy atom. The first-order chi connectivity index (χ1) is 5.29. The Kier molecular flexibility index (Phi) is 1.22. The summed E-state index contributed by atoms with van der Waals surface area (Å²) in [6.45, 7) is 1.87. The minimum Gasteiger partial charge on any atom is -0.360 e. The standard InChI is InChI=1S/C9H7FN/c1-6-5-11-8-4-2-3-7(10)9(6)8/h2-3,5,11H,1H3. The molecule has 2 heteroatoms. The fraction of sp³-hybridized carbons (Fsp3) is 0.111. The Bertz CT molecular complexity index is 389. The van der Waals surface area contributed by atoms with Crippen LogP contribution in [0.25, 0.3) is 10.9 Å². The lowest BCUT2D eigenvalue weighted by Crippen LogP contribution is -1.76. The van der Waals surface area contributed by atoms with Crippen LogP contribution in [0.1, 0.15) is 5.56 Å². The zero-order valence-electron chi connectivity index (χ0n) is 6.11. The molecule has 1 nitrogen and oxygen atoms in total. The summed E-state index contributed by atoms with van der Waals surface area (Å²) in [4.78, 5) is 2.93. The van der Waals surface area contributed by atoms with Crippen molar-refractivity contribution in [1.29, 1.82) is 0 Å². The molecule has 0 amide bonds. The second kappa shape index (κ2) is 2.09. The highest BCUT2D eigenvalue weighted by Gasteiger charge is 2.03. The van der Waals surface area contributed by atoms with Crippen molar-refractivity contribution >= 4 is 10.9 Å². The van der Waals surface area contributed by atoms with E-state index >= 15 is 0 Å². The first kappa shape index (κ1) is 6.40. The third kappa shape index (κ3) is 0.827. The first-order valence-electron chi connectivity index (χ1n) is 3.43. The third-order valence-electron chi connectivity index (χ3n) is 1.77. The second-order valence-electron chi connectivity index (χ2n) is 2.55. The van der Waals surface area contributed by atoms with Gasteiger partial charge in [-0.1, -0.05) is 0 Å². The van der Waals surface area contributed by atoms with Gasteiger partial charge in [-0.05, 0) is 24.6 Å². The molecule has 55 valence electrons. The van der Waals surface area contributed by atoms with Crippen LogP contribution in [-0.4, -0.2) is 4.98 Å². The molecule has 1 radical (unpaired) electrons. The summed E-state index contributed by atoms with van der Waals surface area (Å²) >= 11 is 0. The Morgan fingerprint density at radius 1 is 1.55 bits per heavy atom. The van der Waals surface area contributed by atoms with E-state index in [0.29, 0.717) is 5.39 Å². The fourth-order valence-corrected chi connectivity index (χ4v) is 1.23. The van der Waals surface area contributed by atoms with Crippen LogP contribution in [0.4, 0.5) is 4.39 Å². The van der Waals surface area contributed by atoms with E-state index < -0.39 is 0 Å². The summed E-state index contributed by atoms with van der Waals surface area (Å²) in [5.74, 6) is -0.183. The van der Waals surface area contributed by atoms with Gasteiger partial charge in [-0.3, -0.25) is 0 Å². The number of nitrogens with one attached hydrogen (secondary N) is 1. The third-order valence-corrected chi connectivity index (χ3v) is 1.77. The van der Waals surface area contributed by atoms with Crippen LogP contribution in [0.2, 0.25) is 0 Å². The monoisotopic (exact) mass is 148 g/mol. The molecule has 0 saturated heterocycles. The van der Waals surface area contributed by atoms with Gasteiger partial charge in [-0.25, -0.2) is 4.39 Å². The molecule has 0 fully saturated rings. The van der Waals surface area contributed by atoms with E-state index in [2.05, 4.69) is 11.1 Å². The molecule has 1 aromatic heterocycles. The molecule has 0 bridgehead atoms. The summed E-state index contributed by atoms with van der Waals surface area (Å²) < 4.78 is 13.0. The summed E-state index contributed by atoms with van der Waals surface area (Å²) in [7, 11) is 0. The number of aryl methyl sites for hydroxylation is 1. The normalized spacial score (nSPS) is 10.7. The number of hydrogen-bond acceptors (Lipinski definition) is 0. The molecule has 0 atom stereocenters. The smallest absolute Gasteiger partial charge is 0.132 e. The van der Waals surface area contributed by atoms with E-state index in [-0.39, 0.29) is 5.82 Å². The SMILES string of the molecule is Cc1c[nH]c2[c]ccc(F)c12. The molecule has 2 aromatic rings. The van der Waals surface area contributed by atoms with Gasteiger partial charge in [0.15, 0.2) is 0 Å². The summed E-state index contributed by atoms with van der Waals surface area (Å²) in [6.07, 6.45) is 1.78. The zero-order chi connectivity index (χ0) is 7.84. The van der Waals surface area contributed by atoms with Crippen LogP contribution < -0.4 is 0 Å². The first-order valence-corrected chi connectivity index (χ1v) is 3.43. The van der Waals surface area contributed by atoms with Gasteiger partial charge in [-0.2, -0.15) is 0 Å². The average Bonchev–Trinajstić information content (AvgIpc) is 2.34. The Hall–Kier alpha value is -1.31. The van der Waals surface area contributed by atoms with Gasteiger partial charge in [-0.15, -0.1) is 0 Å². The van der Waals surface area contributed by atoms with Crippen LogP contribution in [-0.2, 0) is 0 Å². The van der Waals surface area contributed by atoms with Gasteiger partial charge in [0.05, 0.1) is 5.52 Å². The summed E-state index contributed by atoms with van der Waals surface area (Å²) in [5, 5.41) is 0.646. The molecule has 0 aliphatic carbocycles. The Labute approximate surface area is 63.9 Å². The van der Waals surface area contributed by atoms with Gasteiger partial charge >= 0.3 is 0 Å². The molecule has 11 heavy (non-hydrogen) atoms. The summed E-state index contributed by atoms with van der Waals surface area (Å²) in [6, 6.07) is 5.91. The number of benzene rings is 1. The lowest BCUT2D eigenvalue weighted by atomic mass is 10.2. The van der Waals surface area contributed by atoms with Crippen molar-refractivity contribution in [3.8, 4) is 0 Å². The van der Waals surface area contributed by atoms with E-state index in [1.807, 2.05) is 6.92 Å². The molecule has 0 aliphatic rings. The Morgan fingerprint density at radius 2 is 2.36 bits per heavy atom. The predicted octanol–water partition coefficient (Wildman–Crippen LogP) is 2.42. The molecule has 0 unspecified atom stereocenters. The van der Waals surface area contributed by atoms with E-state index in [4.69, 9.17) is 0 Å². The van der Waals surface area contributed by atoms with Gasteiger partial charge < -0.3 is 4.98 Å². The molecular formula is C9H7FN. The van der Waals surface area contributed by atoms with Crippen LogP contribution in [0.15, 0.2) is 18.3 Å². The lowest BCUT2D eigenvalue weighted by Gasteiger charge is -1.91. The number of aromatic amines is 1. The largest absolute Gasteiger partial charge is 0.360 e. The molecular weight excluding hydrogens is 141 g/mol. The van der Waals surface area contributed by atoms with E-state index in [0.717, 1.165) is 11.1 Å². The minimum atomic E-state index is -0.183. The second-order valence-corrected chi connectivity index (χ2v) is 2.55. The molecule has 1 N–H and O–H groups in total. The lowest BCUT2D eigenvalue weighted by molar-refractivity contribution is 0.639. The van der Waals surface area contributed by atoms with E-state index in [1.165, 1.54) is 6.07 Å². The number of H-pyrrole nitrogens is 1. The maximum Gasteiger partial charge on any atom is 0.132 e. The quantitative estimate of drug-likeness (QED) is 0.590. The van der Waals surface area contributed by atoms with Gasteiger partial charge in [0.25, 0.3) is 0 Å².